The SMILES string of the molecule is COc1cc(F)ccc1-n1cccc(C(=O)Nc2ccc(C3CC3)nc2)c1=O. The van der Waals surface area contributed by atoms with E-state index in [0.29, 0.717) is 17.3 Å². The maximum absolute atomic E-state index is 13.4. The normalized spacial score (nSPS) is 13.2. The van der Waals surface area contributed by atoms with Gasteiger partial charge in [0.15, 0.2) is 0 Å². The summed E-state index contributed by atoms with van der Waals surface area (Å²) in [5.74, 6) is -0.303. The number of hydrogen-bond acceptors (Lipinski definition) is 4. The first-order chi connectivity index (χ1) is 13.6. The summed E-state index contributed by atoms with van der Waals surface area (Å²) in [6.45, 7) is 0. The van der Waals surface area contributed by atoms with Crippen molar-refractivity contribution in [3.63, 3.8) is 0 Å². The molecule has 2 aromatic heterocycles. The Kier molecular flexibility index (Phi) is 4.65. The van der Waals surface area contributed by atoms with E-state index in [4.69, 9.17) is 4.74 Å². The molecular formula is C21H18FN3O3. The topological polar surface area (TPSA) is 73.2 Å². The number of halogens is 1. The molecule has 1 N–H and O–H groups in total. The maximum atomic E-state index is 13.4. The van der Waals surface area contributed by atoms with Crippen LogP contribution >= 0.6 is 0 Å². The van der Waals surface area contributed by atoms with Crippen LogP contribution in [0.25, 0.3) is 5.69 Å². The van der Waals surface area contributed by atoms with Crippen LogP contribution in [0.3, 0.4) is 0 Å². The molecule has 0 atom stereocenters. The van der Waals surface area contributed by atoms with Crippen molar-refractivity contribution in [3.05, 3.63) is 82.3 Å². The summed E-state index contributed by atoms with van der Waals surface area (Å²) in [4.78, 5) is 29.8. The Bertz CT molecular complexity index is 1090. The molecule has 1 saturated carbocycles. The fourth-order valence-corrected chi connectivity index (χ4v) is 3.01. The quantitative estimate of drug-likeness (QED) is 0.736. The molecule has 0 spiro atoms. The molecule has 1 amide bonds. The summed E-state index contributed by atoms with van der Waals surface area (Å²) < 4.78 is 19.9. The number of methoxy groups -OCH3 is 1. The van der Waals surface area contributed by atoms with Crippen LogP contribution in [0.2, 0.25) is 0 Å². The van der Waals surface area contributed by atoms with Gasteiger partial charge in [-0.2, -0.15) is 0 Å². The summed E-state index contributed by atoms with van der Waals surface area (Å²) in [7, 11) is 1.39. The molecule has 1 aromatic carbocycles. The van der Waals surface area contributed by atoms with Gasteiger partial charge in [0.05, 0.1) is 24.7 Å². The Hall–Kier alpha value is -3.48. The number of rotatable bonds is 5. The van der Waals surface area contributed by atoms with Crippen LogP contribution in [0.1, 0.15) is 34.8 Å². The first-order valence-electron chi connectivity index (χ1n) is 8.89. The molecule has 6 nitrogen and oxygen atoms in total. The van der Waals surface area contributed by atoms with Crippen LogP contribution in [-0.4, -0.2) is 22.6 Å². The molecule has 28 heavy (non-hydrogen) atoms. The molecule has 0 unspecified atom stereocenters. The first-order valence-corrected chi connectivity index (χ1v) is 8.89. The Morgan fingerprint density at radius 1 is 1.25 bits per heavy atom. The standard InChI is InChI=1S/C21H18FN3O3/c1-28-19-11-14(22)6-9-18(19)25-10-2-3-16(21(25)27)20(26)24-15-7-8-17(23-12-15)13-4-5-13/h2-3,6-13H,4-5H2,1H3,(H,24,26). The zero-order chi connectivity index (χ0) is 19.7. The summed E-state index contributed by atoms with van der Waals surface area (Å²) in [6.07, 6.45) is 5.39. The van der Waals surface area contributed by atoms with Gasteiger partial charge in [0.2, 0.25) is 0 Å². The number of benzene rings is 1. The van der Waals surface area contributed by atoms with Gasteiger partial charge in [-0.25, -0.2) is 4.39 Å². The van der Waals surface area contributed by atoms with Crippen molar-refractivity contribution in [2.45, 2.75) is 18.8 Å². The Balaban J connectivity index is 1.62. The van der Waals surface area contributed by atoms with Gasteiger partial charge in [0.25, 0.3) is 11.5 Å². The minimum atomic E-state index is -0.540. The monoisotopic (exact) mass is 379 g/mol. The highest BCUT2D eigenvalue weighted by Crippen LogP contribution is 2.38. The molecule has 0 bridgehead atoms. The van der Waals surface area contributed by atoms with E-state index in [0.717, 1.165) is 18.5 Å². The third-order valence-corrected chi connectivity index (χ3v) is 4.63. The zero-order valence-electron chi connectivity index (χ0n) is 15.2. The number of anilines is 1. The number of carbonyl (C=O) groups is 1. The molecular weight excluding hydrogens is 361 g/mol. The van der Waals surface area contributed by atoms with Crippen molar-refractivity contribution in [2.75, 3.05) is 12.4 Å². The van der Waals surface area contributed by atoms with Gasteiger partial charge in [0.1, 0.15) is 17.1 Å². The van der Waals surface area contributed by atoms with Gasteiger partial charge in [-0.3, -0.25) is 19.1 Å². The van der Waals surface area contributed by atoms with Crippen molar-refractivity contribution in [1.82, 2.24) is 9.55 Å². The molecule has 0 saturated heterocycles. The zero-order valence-corrected chi connectivity index (χ0v) is 15.2. The average Bonchev–Trinajstić information content (AvgIpc) is 3.54. The van der Waals surface area contributed by atoms with Gasteiger partial charge >= 0.3 is 0 Å². The van der Waals surface area contributed by atoms with Crippen LogP contribution in [0.15, 0.2) is 59.7 Å². The number of pyridine rings is 2. The molecule has 4 rings (SSSR count). The Morgan fingerprint density at radius 2 is 2.07 bits per heavy atom. The lowest BCUT2D eigenvalue weighted by atomic mass is 10.2. The van der Waals surface area contributed by atoms with E-state index in [2.05, 4.69) is 10.3 Å². The van der Waals surface area contributed by atoms with E-state index in [1.165, 1.54) is 42.1 Å². The van der Waals surface area contributed by atoms with Crippen LogP contribution in [0, 0.1) is 5.82 Å². The van der Waals surface area contributed by atoms with Crippen LogP contribution in [-0.2, 0) is 0 Å². The second kappa shape index (κ2) is 7.26. The lowest BCUT2D eigenvalue weighted by molar-refractivity contribution is 0.102. The van der Waals surface area contributed by atoms with Gasteiger partial charge in [0, 0.05) is 23.9 Å². The van der Waals surface area contributed by atoms with E-state index in [1.54, 1.807) is 18.3 Å². The van der Waals surface area contributed by atoms with Gasteiger partial charge in [-0.05, 0) is 49.2 Å². The molecule has 3 aromatic rings. The molecule has 2 heterocycles. The van der Waals surface area contributed by atoms with Gasteiger partial charge in [-0.1, -0.05) is 0 Å². The van der Waals surface area contributed by atoms with Gasteiger partial charge < -0.3 is 10.1 Å². The van der Waals surface area contributed by atoms with Crippen molar-refractivity contribution in [3.8, 4) is 11.4 Å². The second-order valence-corrected chi connectivity index (χ2v) is 6.61. The molecule has 1 fully saturated rings. The number of aromatic nitrogens is 2. The van der Waals surface area contributed by atoms with Crippen LogP contribution < -0.4 is 15.6 Å². The third-order valence-electron chi connectivity index (χ3n) is 4.63. The number of nitrogens with one attached hydrogen (secondary N) is 1. The van der Waals surface area contributed by atoms with E-state index < -0.39 is 17.3 Å². The summed E-state index contributed by atoms with van der Waals surface area (Å²) >= 11 is 0. The number of nitrogens with zero attached hydrogens (tertiary/aromatic N) is 2. The van der Waals surface area contributed by atoms with Crippen molar-refractivity contribution in [2.24, 2.45) is 0 Å². The minimum absolute atomic E-state index is 0.0415. The van der Waals surface area contributed by atoms with Crippen LogP contribution in [0.5, 0.6) is 5.75 Å². The smallest absolute Gasteiger partial charge is 0.268 e. The van der Waals surface area contributed by atoms with Gasteiger partial charge in [-0.15, -0.1) is 0 Å². The summed E-state index contributed by atoms with van der Waals surface area (Å²) in [5, 5.41) is 2.70. The maximum Gasteiger partial charge on any atom is 0.268 e. The van der Waals surface area contributed by atoms with E-state index in [9.17, 15) is 14.0 Å². The molecule has 0 radical (unpaired) electrons. The fraction of sp³-hybridized carbons (Fsp3) is 0.190. The highest BCUT2D eigenvalue weighted by Gasteiger charge is 2.24. The second-order valence-electron chi connectivity index (χ2n) is 6.61. The Morgan fingerprint density at radius 3 is 2.75 bits per heavy atom. The lowest BCUT2D eigenvalue weighted by Crippen LogP contribution is -2.28. The van der Waals surface area contributed by atoms with E-state index in [1.807, 2.05) is 6.07 Å². The molecule has 0 aliphatic heterocycles. The lowest BCUT2D eigenvalue weighted by Gasteiger charge is -2.12. The fourth-order valence-electron chi connectivity index (χ4n) is 3.01. The molecule has 142 valence electrons. The average molecular weight is 379 g/mol. The largest absolute Gasteiger partial charge is 0.494 e. The first kappa shape index (κ1) is 17.9. The molecule has 7 heteroatoms. The number of ether oxygens (including phenoxy) is 1. The van der Waals surface area contributed by atoms with Crippen molar-refractivity contribution >= 4 is 11.6 Å². The molecule has 1 aliphatic carbocycles. The van der Waals surface area contributed by atoms with E-state index in [-0.39, 0.29) is 11.3 Å². The van der Waals surface area contributed by atoms with Crippen molar-refractivity contribution < 1.29 is 13.9 Å². The number of amides is 1. The predicted octanol–water partition coefficient (Wildman–Crippen LogP) is 3.51. The predicted molar refractivity (Wildman–Crippen MR) is 103 cm³/mol. The Labute approximate surface area is 160 Å². The number of hydrogen-bond donors (Lipinski definition) is 1. The highest BCUT2D eigenvalue weighted by molar-refractivity contribution is 6.03. The number of carbonyl (C=O) groups excluding carboxylic acids is 1. The molecule has 1 aliphatic rings. The van der Waals surface area contributed by atoms with Crippen molar-refractivity contribution in [1.29, 1.82) is 0 Å². The minimum Gasteiger partial charge on any atom is -0.494 e. The summed E-state index contributed by atoms with van der Waals surface area (Å²) in [5.41, 5.74) is 1.30. The summed E-state index contributed by atoms with van der Waals surface area (Å²) in [6, 6.07) is 10.5. The van der Waals surface area contributed by atoms with Crippen LogP contribution in [0.4, 0.5) is 10.1 Å². The third kappa shape index (κ3) is 3.51. The highest BCUT2D eigenvalue weighted by atomic mass is 19.1. The van der Waals surface area contributed by atoms with E-state index >= 15 is 0 Å².